The molecular formula is C13H9BrClN5O. The smallest absolute Gasteiger partial charge is 0.259 e. The average molecular weight is 367 g/mol. The minimum Gasteiger partial charge on any atom is -0.341 e. The van der Waals surface area contributed by atoms with E-state index < -0.39 is 0 Å². The van der Waals surface area contributed by atoms with E-state index >= 15 is 0 Å². The number of benzene rings is 1. The van der Waals surface area contributed by atoms with Crippen LogP contribution in [0.5, 0.6) is 0 Å². The zero-order valence-corrected chi connectivity index (χ0v) is 13.2. The first-order chi connectivity index (χ1) is 10.0. The van der Waals surface area contributed by atoms with Gasteiger partial charge in [-0.05, 0) is 35.0 Å². The Morgan fingerprint density at radius 3 is 3.00 bits per heavy atom. The fraction of sp³-hybridized carbons (Fsp3) is 0.0769. The van der Waals surface area contributed by atoms with Crippen molar-refractivity contribution in [2.45, 2.75) is 6.92 Å². The Labute approximate surface area is 133 Å². The minimum absolute atomic E-state index is 0.109. The monoisotopic (exact) mass is 365 g/mol. The molecule has 2 heterocycles. The summed E-state index contributed by atoms with van der Waals surface area (Å²) in [6.45, 7) is 1.91. The van der Waals surface area contributed by atoms with Gasteiger partial charge in [0.05, 0.1) is 11.9 Å². The maximum absolute atomic E-state index is 12.3. The lowest BCUT2D eigenvalue weighted by atomic mass is 10.1. The van der Waals surface area contributed by atoms with Gasteiger partial charge in [0.2, 0.25) is 5.95 Å². The van der Waals surface area contributed by atoms with Crippen LogP contribution in [0.3, 0.4) is 0 Å². The van der Waals surface area contributed by atoms with Gasteiger partial charge in [0.25, 0.3) is 5.91 Å². The second-order valence-corrected chi connectivity index (χ2v) is 5.59. The van der Waals surface area contributed by atoms with Gasteiger partial charge in [-0.2, -0.15) is 9.97 Å². The maximum Gasteiger partial charge on any atom is 0.259 e. The Morgan fingerprint density at radius 2 is 2.19 bits per heavy atom. The van der Waals surface area contributed by atoms with Crippen LogP contribution < -0.4 is 5.32 Å². The number of amides is 1. The van der Waals surface area contributed by atoms with Gasteiger partial charge in [0.15, 0.2) is 10.8 Å². The van der Waals surface area contributed by atoms with Gasteiger partial charge in [-0.1, -0.05) is 23.2 Å². The number of carbonyl (C=O) groups is 1. The molecular weight excluding hydrogens is 358 g/mol. The van der Waals surface area contributed by atoms with Crippen LogP contribution in [0, 0.1) is 6.92 Å². The van der Waals surface area contributed by atoms with Crippen LogP contribution in [0.15, 0.2) is 29.0 Å². The van der Waals surface area contributed by atoms with Gasteiger partial charge in [-0.15, -0.1) is 0 Å². The van der Waals surface area contributed by atoms with E-state index in [0.717, 1.165) is 5.56 Å². The van der Waals surface area contributed by atoms with Gasteiger partial charge in [0, 0.05) is 4.47 Å². The summed E-state index contributed by atoms with van der Waals surface area (Å²) in [5.41, 5.74) is 2.40. The van der Waals surface area contributed by atoms with E-state index in [1.165, 1.54) is 6.33 Å². The van der Waals surface area contributed by atoms with Crippen LogP contribution in [-0.4, -0.2) is 25.8 Å². The number of carbonyl (C=O) groups excluding carboxylic acids is 1. The highest BCUT2D eigenvalue weighted by Crippen LogP contribution is 2.21. The summed E-state index contributed by atoms with van der Waals surface area (Å²) in [7, 11) is 0. The van der Waals surface area contributed by atoms with E-state index in [1.54, 1.807) is 6.07 Å². The van der Waals surface area contributed by atoms with E-state index in [1.807, 2.05) is 19.1 Å². The Bertz CT molecular complexity index is 848. The summed E-state index contributed by atoms with van der Waals surface area (Å²) in [5.74, 6) is -0.213. The zero-order chi connectivity index (χ0) is 15.0. The second kappa shape index (κ2) is 5.42. The van der Waals surface area contributed by atoms with Crippen LogP contribution in [0.25, 0.3) is 11.2 Å². The molecule has 6 nitrogen and oxygen atoms in total. The third kappa shape index (κ3) is 2.74. The van der Waals surface area contributed by atoms with Crippen molar-refractivity contribution in [2.75, 3.05) is 5.32 Å². The number of hydrogen-bond donors (Lipinski definition) is 2. The number of aromatic amines is 1. The number of fused-ring (bicyclic) bond motifs is 1. The van der Waals surface area contributed by atoms with Crippen LogP contribution in [-0.2, 0) is 0 Å². The molecule has 8 heteroatoms. The van der Waals surface area contributed by atoms with Gasteiger partial charge in [-0.3, -0.25) is 10.1 Å². The molecule has 0 bridgehead atoms. The first-order valence-electron chi connectivity index (χ1n) is 5.99. The van der Waals surface area contributed by atoms with E-state index in [0.29, 0.717) is 21.2 Å². The summed E-state index contributed by atoms with van der Waals surface area (Å²) in [4.78, 5) is 27.3. The molecule has 106 valence electrons. The van der Waals surface area contributed by atoms with Gasteiger partial charge in [-0.25, -0.2) is 4.98 Å². The number of halogens is 2. The molecule has 0 spiro atoms. The lowest BCUT2D eigenvalue weighted by molar-refractivity contribution is 0.102. The van der Waals surface area contributed by atoms with Crippen molar-refractivity contribution in [3.8, 4) is 0 Å². The van der Waals surface area contributed by atoms with E-state index in [4.69, 9.17) is 11.6 Å². The Kier molecular flexibility index (Phi) is 3.60. The third-order valence-electron chi connectivity index (χ3n) is 2.83. The lowest BCUT2D eigenvalue weighted by Crippen LogP contribution is -2.15. The molecule has 0 aliphatic heterocycles. The minimum atomic E-state index is -0.323. The number of aromatic nitrogens is 4. The molecule has 21 heavy (non-hydrogen) atoms. The molecule has 0 aliphatic carbocycles. The number of H-pyrrole nitrogens is 1. The first-order valence-corrected chi connectivity index (χ1v) is 7.16. The summed E-state index contributed by atoms with van der Waals surface area (Å²) in [5, 5.41) is 2.82. The molecule has 2 aromatic heterocycles. The quantitative estimate of drug-likeness (QED) is 0.681. The molecule has 1 amide bonds. The molecule has 0 atom stereocenters. The zero-order valence-electron chi connectivity index (χ0n) is 10.8. The Balaban J connectivity index is 1.94. The third-order valence-corrected chi connectivity index (χ3v) is 3.80. The fourth-order valence-electron chi connectivity index (χ4n) is 1.84. The number of imidazole rings is 1. The predicted molar refractivity (Wildman–Crippen MR) is 83.5 cm³/mol. The molecule has 1 aromatic carbocycles. The van der Waals surface area contributed by atoms with E-state index in [9.17, 15) is 4.79 Å². The number of hydrogen-bond acceptors (Lipinski definition) is 4. The molecule has 3 rings (SSSR count). The largest absolute Gasteiger partial charge is 0.341 e. The van der Waals surface area contributed by atoms with Crippen molar-refractivity contribution in [3.63, 3.8) is 0 Å². The molecule has 2 N–H and O–H groups in total. The predicted octanol–water partition coefficient (Wildman–Crippen LogP) is 3.33. The van der Waals surface area contributed by atoms with Gasteiger partial charge >= 0.3 is 0 Å². The van der Waals surface area contributed by atoms with Crippen molar-refractivity contribution in [2.24, 2.45) is 0 Å². The van der Waals surface area contributed by atoms with E-state index in [2.05, 4.69) is 41.2 Å². The van der Waals surface area contributed by atoms with Gasteiger partial charge < -0.3 is 4.98 Å². The van der Waals surface area contributed by atoms with Crippen molar-refractivity contribution in [3.05, 3.63) is 45.3 Å². The van der Waals surface area contributed by atoms with Crippen molar-refractivity contribution >= 4 is 50.6 Å². The summed E-state index contributed by atoms with van der Waals surface area (Å²) >= 11 is 9.35. The summed E-state index contributed by atoms with van der Waals surface area (Å²) in [6.07, 6.45) is 1.47. The maximum atomic E-state index is 12.3. The second-order valence-electron chi connectivity index (χ2n) is 4.38. The molecule has 3 aromatic rings. The highest BCUT2D eigenvalue weighted by molar-refractivity contribution is 9.10. The topological polar surface area (TPSA) is 83.6 Å². The summed E-state index contributed by atoms with van der Waals surface area (Å²) in [6, 6.07) is 5.49. The lowest BCUT2D eigenvalue weighted by Gasteiger charge is -2.07. The number of aryl methyl sites for hydroxylation is 1. The van der Waals surface area contributed by atoms with Crippen LogP contribution in [0.4, 0.5) is 5.95 Å². The van der Waals surface area contributed by atoms with E-state index in [-0.39, 0.29) is 17.0 Å². The van der Waals surface area contributed by atoms with Crippen molar-refractivity contribution in [1.29, 1.82) is 0 Å². The normalized spacial score (nSPS) is 10.8. The molecule has 0 radical (unpaired) electrons. The first kappa shape index (κ1) is 14.0. The Hall–Kier alpha value is -1.99. The van der Waals surface area contributed by atoms with Crippen LogP contribution in [0.2, 0.25) is 5.15 Å². The van der Waals surface area contributed by atoms with Crippen LogP contribution >= 0.6 is 27.5 Å². The van der Waals surface area contributed by atoms with Crippen molar-refractivity contribution in [1.82, 2.24) is 19.9 Å². The molecule has 0 saturated heterocycles. The highest BCUT2D eigenvalue weighted by Gasteiger charge is 2.14. The molecule has 0 aliphatic rings. The average Bonchev–Trinajstić information content (AvgIpc) is 2.90. The Morgan fingerprint density at radius 1 is 1.38 bits per heavy atom. The fourth-order valence-corrected chi connectivity index (χ4v) is 2.48. The number of nitrogens with one attached hydrogen (secondary N) is 2. The molecule has 0 unspecified atom stereocenters. The van der Waals surface area contributed by atoms with Crippen molar-refractivity contribution < 1.29 is 4.79 Å². The highest BCUT2D eigenvalue weighted by atomic mass is 79.9. The number of anilines is 1. The molecule has 0 fully saturated rings. The number of nitrogens with zero attached hydrogens (tertiary/aromatic N) is 3. The summed E-state index contributed by atoms with van der Waals surface area (Å²) < 4.78 is 0.692. The molecule has 0 saturated carbocycles. The van der Waals surface area contributed by atoms with Crippen LogP contribution in [0.1, 0.15) is 15.9 Å². The SMILES string of the molecule is Cc1ccc(Br)c(C(=O)Nc2nc(Cl)c3[nH]cnc3n2)c1. The van der Waals surface area contributed by atoms with Gasteiger partial charge in [0.1, 0.15) is 5.52 Å². The number of rotatable bonds is 2. The standard InChI is InChI=1S/C13H9BrClN5O/c1-6-2-3-8(14)7(4-6)12(21)20-13-18-10(15)9-11(19-13)17-5-16-9/h2-5H,1H3,(H2,16,17,18,19,20,21).